The fraction of sp³-hybridized carbons (Fsp3) is 0.500. The molecule has 4 nitrogen and oxygen atoms in total. The predicted molar refractivity (Wildman–Crippen MR) is 60.9 cm³/mol. The van der Waals surface area contributed by atoms with Gasteiger partial charge in [0.2, 0.25) is 0 Å². The average Bonchev–Trinajstić information content (AvgIpc) is 1.87. The van der Waals surface area contributed by atoms with Gasteiger partial charge in [0.05, 0.1) is 0 Å². The summed E-state index contributed by atoms with van der Waals surface area (Å²) in [4.78, 5) is 10.2. The molecule has 0 saturated heterocycles. The van der Waals surface area contributed by atoms with Crippen molar-refractivity contribution >= 4 is 77.3 Å². The summed E-state index contributed by atoms with van der Waals surface area (Å²) in [5.41, 5.74) is 5.12. The van der Waals surface area contributed by atoms with Crippen molar-refractivity contribution in [2.75, 3.05) is 11.5 Å². The van der Waals surface area contributed by atoms with Crippen LogP contribution in [-0.4, -0.2) is 93.4 Å². The number of hydrogen-bond donors (Lipinski definition) is 2. The summed E-state index contributed by atoms with van der Waals surface area (Å²) >= 11 is 0. The van der Waals surface area contributed by atoms with Gasteiger partial charge in [0.25, 0.3) is 0 Å². The van der Waals surface area contributed by atoms with Crippen LogP contribution in [0.15, 0.2) is 12.7 Å². The van der Waals surface area contributed by atoms with Crippen molar-refractivity contribution in [3.8, 4) is 0 Å². The van der Waals surface area contributed by atoms with E-state index in [1.165, 1.54) is 6.08 Å². The van der Waals surface area contributed by atoms with Crippen molar-refractivity contribution in [1.29, 1.82) is 0 Å². The summed E-state index contributed by atoms with van der Waals surface area (Å²) in [7, 11) is -1.19. The topological polar surface area (TPSA) is 80.4 Å². The SMILES string of the molecule is C=CCS(=O)C[C@H](N)C(=O)O.[Al].[Al].[In]. The fourth-order valence-electron chi connectivity index (χ4n) is 0.471. The van der Waals surface area contributed by atoms with E-state index in [0.29, 0.717) is 5.75 Å². The third-order valence-corrected chi connectivity index (χ3v) is 2.32. The van der Waals surface area contributed by atoms with E-state index in [2.05, 4.69) is 6.58 Å². The minimum atomic E-state index is -1.19. The molecule has 0 spiro atoms. The van der Waals surface area contributed by atoms with Crippen molar-refractivity contribution in [3.63, 3.8) is 0 Å². The summed E-state index contributed by atoms with van der Waals surface area (Å²) < 4.78 is 10.9. The molecule has 1 unspecified atom stereocenters. The van der Waals surface area contributed by atoms with Crippen LogP contribution in [0.4, 0.5) is 0 Å². The first kappa shape index (κ1) is 24.5. The zero-order valence-electron chi connectivity index (χ0n) is 7.76. The number of aliphatic carboxylic acids is 1. The molecule has 0 aliphatic carbocycles. The van der Waals surface area contributed by atoms with Gasteiger partial charge in [-0.15, -0.1) is 6.58 Å². The first-order valence-corrected chi connectivity index (χ1v) is 4.51. The first-order chi connectivity index (χ1) is 5.07. The Labute approximate surface area is 126 Å². The number of carboxylic acid groups (broad SMARTS) is 1. The van der Waals surface area contributed by atoms with Crippen LogP contribution in [0.5, 0.6) is 0 Å². The average molecular weight is 346 g/mol. The van der Waals surface area contributed by atoms with E-state index in [1.54, 1.807) is 0 Å². The molecule has 0 amide bonds. The Kier molecular flexibility index (Phi) is 24.9. The van der Waals surface area contributed by atoms with Gasteiger partial charge in [-0.1, -0.05) is 6.08 Å². The molecule has 0 heterocycles. The molecule has 14 heavy (non-hydrogen) atoms. The summed E-state index contributed by atoms with van der Waals surface area (Å²) in [6, 6.07) is -1.03. The smallest absolute Gasteiger partial charge is 0.321 e. The van der Waals surface area contributed by atoms with Crippen LogP contribution in [0.3, 0.4) is 0 Å². The van der Waals surface area contributed by atoms with Crippen LogP contribution in [0, 0.1) is 0 Å². The Balaban J connectivity index is -0.000000167. The van der Waals surface area contributed by atoms with E-state index >= 15 is 0 Å². The summed E-state index contributed by atoms with van der Waals surface area (Å²) in [6.07, 6.45) is 1.48. The van der Waals surface area contributed by atoms with E-state index in [9.17, 15) is 9.00 Å². The van der Waals surface area contributed by atoms with Gasteiger partial charge in [-0.05, 0) is 0 Å². The van der Waals surface area contributed by atoms with Gasteiger partial charge in [-0.3, -0.25) is 9.00 Å². The van der Waals surface area contributed by atoms with Crippen molar-refractivity contribution in [3.05, 3.63) is 12.7 Å². The maximum atomic E-state index is 10.9. The third kappa shape index (κ3) is 13.3. The van der Waals surface area contributed by atoms with Crippen LogP contribution < -0.4 is 5.73 Å². The fourth-order valence-corrected chi connectivity index (χ4v) is 1.41. The van der Waals surface area contributed by atoms with Gasteiger partial charge < -0.3 is 10.8 Å². The molecular weight excluding hydrogens is 335 g/mol. The molecule has 0 fully saturated rings. The Bertz CT molecular complexity index is 194. The minimum Gasteiger partial charge on any atom is -0.480 e. The second kappa shape index (κ2) is 14.3. The van der Waals surface area contributed by atoms with Gasteiger partial charge in [0.15, 0.2) is 0 Å². The molecule has 8 heteroatoms. The van der Waals surface area contributed by atoms with Crippen LogP contribution >= 0.6 is 0 Å². The van der Waals surface area contributed by atoms with Crippen molar-refractivity contribution < 1.29 is 14.1 Å². The first-order valence-electron chi connectivity index (χ1n) is 3.02. The monoisotopic (exact) mass is 346 g/mol. The molecule has 0 rings (SSSR count). The Hall–Kier alpha value is 1.26. The zero-order valence-corrected chi connectivity index (χ0v) is 14.2. The molecule has 73 valence electrons. The number of rotatable bonds is 5. The zero-order chi connectivity index (χ0) is 8.85. The molecular formula is C6H11Al2InNO3S. The van der Waals surface area contributed by atoms with Gasteiger partial charge in [-0.25, -0.2) is 0 Å². The number of nitrogens with two attached hydrogens (primary N) is 1. The molecule has 0 saturated carbocycles. The third-order valence-electron chi connectivity index (χ3n) is 0.986. The Morgan fingerprint density at radius 1 is 1.57 bits per heavy atom. The summed E-state index contributed by atoms with van der Waals surface area (Å²) in [5, 5.41) is 8.31. The molecule has 0 aliphatic rings. The summed E-state index contributed by atoms with van der Waals surface area (Å²) in [5.74, 6) is -0.843. The maximum absolute atomic E-state index is 10.9. The Morgan fingerprint density at radius 3 is 2.29 bits per heavy atom. The number of hydrogen-bond acceptors (Lipinski definition) is 3. The van der Waals surface area contributed by atoms with Crippen LogP contribution in [0.2, 0.25) is 0 Å². The van der Waals surface area contributed by atoms with E-state index in [1.807, 2.05) is 0 Å². The number of carboxylic acids is 1. The number of carbonyl (C=O) groups is 1. The molecule has 9 radical (unpaired) electrons. The summed E-state index contributed by atoms with van der Waals surface area (Å²) in [6.45, 7) is 3.37. The van der Waals surface area contributed by atoms with Crippen molar-refractivity contribution in [1.82, 2.24) is 0 Å². The molecule has 0 aromatic rings. The molecule has 0 aromatic heterocycles. The van der Waals surface area contributed by atoms with Gasteiger partial charge >= 0.3 is 5.97 Å². The van der Waals surface area contributed by atoms with Crippen LogP contribution in [0.1, 0.15) is 0 Å². The largest absolute Gasteiger partial charge is 0.480 e. The maximum Gasteiger partial charge on any atom is 0.321 e. The minimum absolute atomic E-state index is 0. The Morgan fingerprint density at radius 2 is 2.00 bits per heavy atom. The van der Waals surface area contributed by atoms with Gasteiger partial charge in [0.1, 0.15) is 6.04 Å². The van der Waals surface area contributed by atoms with Gasteiger partial charge in [0, 0.05) is 82.9 Å². The molecule has 3 N–H and O–H groups in total. The van der Waals surface area contributed by atoms with E-state index in [-0.39, 0.29) is 66.3 Å². The second-order valence-corrected chi connectivity index (χ2v) is 3.55. The van der Waals surface area contributed by atoms with Crippen LogP contribution in [0.25, 0.3) is 0 Å². The second-order valence-electron chi connectivity index (χ2n) is 2.01. The van der Waals surface area contributed by atoms with Gasteiger partial charge in [-0.2, -0.15) is 0 Å². The van der Waals surface area contributed by atoms with E-state index in [0.717, 1.165) is 0 Å². The van der Waals surface area contributed by atoms with E-state index in [4.69, 9.17) is 10.8 Å². The molecule has 0 aliphatic heterocycles. The van der Waals surface area contributed by atoms with Crippen LogP contribution in [-0.2, 0) is 15.6 Å². The van der Waals surface area contributed by atoms with Crippen molar-refractivity contribution in [2.24, 2.45) is 5.73 Å². The normalized spacial score (nSPS) is 12.1. The molecule has 0 bridgehead atoms. The standard InChI is InChI=1S/C6H11NO3S.2Al.In/c1-2-3-11(10)4-5(7)6(8)9;;;/h2,5H,1,3-4,7H2,(H,8,9);;;/t5-,11?;;;/m0.../s1. The molecule has 2 atom stereocenters. The quantitative estimate of drug-likeness (QED) is 0.454. The van der Waals surface area contributed by atoms with E-state index < -0.39 is 22.8 Å². The molecule has 0 aromatic carbocycles. The predicted octanol–water partition coefficient (Wildman–Crippen LogP) is -1.81. The van der Waals surface area contributed by atoms with Crippen molar-refractivity contribution in [2.45, 2.75) is 6.04 Å².